The maximum Gasteiger partial charge on any atom is 0.228 e. The standard InChI is InChI=1S/C23H34N4O2/c1-3-25-12-14-27(15-13-25)23(29)21-16-20(21)22(28)24-18-4-6-19(7-5-18)26-10-8-17(2)9-11-26/h4-7,17,20-21H,3,8-16H2,1-2H3,(H,24,28). The Labute approximate surface area is 174 Å². The van der Waals surface area contributed by atoms with Gasteiger partial charge in [0.1, 0.15) is 0 Å². The molecule has 6 heteroatoms. The van der Waals surface area contributed by atoms with E-state index >= 15 is 0 Å². The third kappa shape index (κ3) is 4.74. The van der Waals surface area contributed by atoms with Gasteiger partial charge in [0.2, 0.25) is 11.8 Å². The van der Waals surface area contributed by atoms with Crippen LogP contribution in [-0.4, -0.2) is 67.4 Å². The molecule has 4 rings (SSSR count). The molecule has 2 heterocycles. The predicted molar refractivity (Wildman–Crippen MR) is 116 cm³/mol. The molecule has 0 aromatic heterocycles. The first-order chi connectivity index (χ1) is 14.0. The maximum atomic E-state index is 12.7. The number of piperazine rings is 1. The number of hydrogen-bond acceptors (Lipinski definition) is 4. The molecule has 1 saturated carbocycles. The van der Waals surface area contributed by atoms with Gasteiger partial charge in [-0.15, -0.1) is 0 Å². The maximum absolute atomic E-state index is 12.7. The number of hydrogen-bond donors (Lipinski definition) is 1. The van der Waals surface area contributed by atoms with E-state index in [4.69, 9.17) is 0 Å². The molecule has 6 nitrogen and oxygen atoms in total. The zero-order chi connectivity index (χ0) is 20.4. The van der Waals surface area contributed by atoms with E-state index in [0.29, 0.717) is 6.42 Å². The summed E-state index contributed by atoms with van der Waals surface area (Å²) in [4.78, 5) is 32.0. The van der Waals surface area contributed by atoms with Gasteiger partial charge in [-0.25, -0.2) is 0 Å². The summed E-state index contributed by atoms with van der Waals surface area (Å²) in [7, 11) is 0. The van der Waals surface area contributed by atoms with Crippen molar-refractivity contribution in [1.29, 1.82) is 0 Å². The number of benzene rings is 1. The molecular weight excluding hydrogens is 364 g/mol. The van der Waals surface area contributed by atoms with Crippen LogP contribution in [0.1, 0.15) is 33.1 Å². The molecule has 2 saturated heterocycles. The number of carbonyl (C=O) groups excluding carboxylic acids is 2. The Balaban J connectivity index is 1.25. The van der Waals surface area contributed by atoms with Gasteiger partial charge in [0.15, 0.2) is 0 Å². The normalized spacial score (nSPS) is 25.7. The number of nitrogens with zero attached hydrogens (tertiary/aromatic N) is 3. The Morgan fingerprint density at radius 1 is 0.966 bits per heavy atom. The van der Waals surface area contributed by atoms with Crippen molar-refractivity contribution in [3.05, 3.63) is 24.3 Å². The van der Waals surface area contributed by atoms with Crippen LogP contribution in [0.2, 0.25) is 0 Å². The highest BCUT2D eigenvalue weighted by molar-refractivity contribution is 5.99. The summed E-state index contributed by atoms with van der Waals surface area (Å²) in [6.45, 7) is 11.2. The van der Waals surface area contributed by atoms with Crippen LogP contribution in [0.15, 0.2) is 24.3 Å². The molecule has 0 bridgehead atoms. The average Bonchev–Trinajstić information content (AvgIpc) is 3.56. The quantitative estimate of drug-likeness (QED) is 0.829. The van der Waals surface area contributed by atoms with Crippen molar-refractivity contribution in [2.75, 3.05) is 56.0 Å². The van der Waals surface area contributed by atoms with E-state index < -0.39 is 0 Å². The van der Waals surface area contributed by atoms with Crippen molar-refractivity contribution in [3.8, 4) is 0 Å². The summed E-state index contributed by atoms with van der Waals surface area (Å²) in [5.41, 5.74) is 2.04. The van der Waals surface area contributed by atoms with E-state index in [1.54, 1.807) is 0 Å². The summed E-state index contributed by atoms with van der Waals surface area (Å²) in [5, 5.41) is 3.01. The Kier molecular flexibility index (Phi) is 6.09. The zero-order valence-corrected chi connectivity index (χ0v) is 17.8. The summed E-state index contributed by atoms with van der Waals surface area (Å²) >= 11 is 0. The Morgan fingerprint density at radius 2 is 1.62 bits per heavy atom. The second-order valence-electron chi connectivity index (χ2n) is 8.91. The topological polar surface area (TPSA) is 55.9 Å². The minimum absolute atomic E-state index is 0.0184. The van der Waals surface area contributed by atoms with Crippen molar-refractivity contribution in [2.45, 2.75) is 33.1 Å². The molecule has 2 atom stereocenters. The fraction of sp³-hybridized carbons (Fsp3) is 0.652. The van der Waals surface area contributed by atoms with E-state index in [1.807, 2.05) is 17.0 Å². The zero-order valence-electron chi connectivity index (χ0n) is 17.8. The van der Waals surface area contributed by atoms with Gasteiger partial charge in [0.25, 0.3) is 0 Å². The molecule has 1 aliphatic carbocycles. The van der Waals surface area contributed by atoms with E-state index in [9.17, 15) is 9.59 Å². The van der Waals surface area contributed by atoms with Crippen molar-refractivity contribution in [3.63, 3.8) is 0 Å². The number of anilines is 2. The lowest BCUT2D eigenvalue weighted by Crippen LogP contribution is -2.49. The van der Waals surface area contributed by atoms with Crippen molar-refractivity contribution in [2.24, 2.45) is 17.8 Å². The van der Waals surface area contributed by atoms with Crippen molar-refractivity contribution < 1.29 is 9.59 Å². The van der Waals surface area contributed by atoms with E-state index in [-0.39, 0.29) is 23.7 Å². The molecule has 29 heavy (non-hydrogen) atoms. The molecular formula is C23H34N4O2. The molecule has 0 radical (unpaired) electrons. The molecule has 2 unspecified atom stereocenters. The number of likely N-dealkylation sites (N-methyl/N-ethyl adjacent to an activating group) is 1. The van der Waals surface area contributed by atoms with Crippen LogP contribution in [0.3, 0.4) is 0 Å². The molecule has 158 valence electrons. The van der Waals surface area contributed by atoms with Gasteiger partial charge in [0, 0.05) is 50.6 Å². The van der Waals surface area contributed by atoms with Crippen LogP contribution in [0.25, 0.3) is 0 Å². The number of carbonyl (C=O) groups is 2. The van der Waals surface area contributed by atoms with Crippen molar-refractivity contribution in [1.82, 2.24) is 9.80 Å². The van der Waals surface area contributed by atoms with Crippen LogP contribution < -0.4 is 10.2 Å². The number of nitrogens with one attached hydrogen (secondary N) is 1. The van der Waals surface area contributed by atoms with Gasteiger partial charge in [0.05, 0.1) is 11.8 Å². The highest BCUT2D eigenvalue weighted by atomic mass is 16.2. The molecule has 3 aliphatic rings. The largest absolute Gasteiger partial charge is 0.372 e. The first-order valence-electron chi connectivity index (χ1n) is 11.2. The van der Waals surface area contributed by atoms with E-state index in [1.165, 1.54) is 18.5 Å². The van der Waals surface area contributed by atoms with E-state index in [0.717, 1.165) is 57.4 Å². The van der Waals surface area contributed by atoms with Gasteiger partial charge in [-0.1, -0.05) is 13.8 Å². The smallest absolute Gasteiger partial charge is 0.228 e. The van der Waals surface area contributed by atoms with Gasteiger partial charge in [-0.2, -0.15) is 0 Å². The number of amides is 2. The Morgan fingerprint density at radius 3 is 2.24 bits per heavy atom. The third-order valence-corrected chi connectivity index (χ3v) is 6.86. The van der Waals surface area contributed by atoms with Crippen LogP contribution in [0, 0.1) is 17.8 Å². The number of piperidine rings is 1. The lowest BCUT2D eigenvalue weighted by atomic mass is 9.99. The lowest BCUT2D eigenvalue weighted by Gasteiger charge is -2.34. The summed E-state index contributed by atoms with van der Waals surface area (Å²) in [6.07, 6.45) is 3.16. The Hall–Kier alpha value is -2.08. The highest BCUT2D eigenvalue weighted by Crippen LogP contribution is 2.41. The van der Waals surface area contributed by atoms with Gasteiger partial charge >= 0.3 is 0 Å². The van der Waals surface area contributed by atoms with Gasteiger partial charge < -0.3 is 20.0 Å². The molecule has 0 spiro atoms. The van der Waals surface area contributed by atoms with E-state index in [2.05, 4.69) is 41.1 Å². The van der Waals surface area contributed by atoms with Crippen LogP contribution >= 0.6 is 0 Å². The minimum Gasteiger partial charge on any atom is -0.372 e. The number of rotatable bonds is 5. The molecule has 3 fully saturated rings. The van der Waals surface area contributed by atoms with Crippen LogP contribution in [0.4, 0.5) is 11.4 Å². The molecule has 1 aromatic rings. The highest BCUT2D eigenvalue weighted by Gasteiger charge is 2.49. The van der Waals surface area contributed by atoms with Gasteiger partial charge in [-0.05, 0) is 56.0 Å². The SMILES string of the molecule is CCN1CCN(C(=O)C2CC2C(=O)Nc2ccc(N3CCC(C)CC3)cc2)CC1. The molecule has 2 aliphatic heterocycles. The predicted octanol–water partition coefficient (Wildman–Crippen LogP) is 2.66. The third-order valence-electron chi connectivity index (χ3n) is 6.86. The fourth-order valence-electron chi connectivity index (χ4n) is 4.53. The summed E-state index contributed by atoms with van der Waals surface area (Å²) in [5.74, 6) is 0.660. The molecule has 1 aromatic carbocycles. The van der Waals surface area contributed by atoms with Gasteiger partial charge in [-0.3, -0.25) is 9.59 Å². The lowest BCUT2D eigenvalue weighted by molar-refractivity contribution is -0.135. The second kappa shape index (κ2) is 8.74. The van der Waals surface area contributed by atoms with Crippen LogP contribution in [0.5, 0.6) is 0 Å². The molecule has 1 N–H and O–H groups in total. The molecule has 2 amide bonds. The summed E-state index contributed by atoms with van der Waals surface area (Å²) < 4.78 is 0. The first-order valence-corrected chi connectivity index (χ1v) is 11.2. The minimum atomic E-state index is -0.171. The Bertz CT molecular complexity index is 719. The first kappa shape index (κ1) is 20.2. The van der Waals surface area contributed by atoms with Crippen molar-refractivity contribution >= 4 is 23.2 Å². The second-order valence-corrected chi connectivity index (χ2v) is 8.91. The average molecular weight is 399 g/mol. The fourth-order valence-corrected chi connectivity index (χ4v) is 4.53. The monoisotopic (exact) mass is 398 g/mol. The van der Waals surface area contributed by atoms with Crippen LogP contribution in [-0.2, 0) is 9.59 Å². The summed E-state index contributed by atoms with van der Waals surface area (Å²) in [6, 6.07) is 8.14.